The molecular formula is C23H35NO6. The lowest BCUT2D eigenvalue weighted by Gasteiger charge is -2.69. The van der Waals surface area contributed by atoms with E-state index in [4.69, 9.17) is 18.9 Å². The van der Waals surface area contributed by atoms with Crippen molar-refractivity contribution in [2.75, 3.05) is 34.6 Å². The molecule has 2 aliphatic heterocycles. The average molecular weight is 422 g/mol. The number of hydrogen-bond acceptors (Lipinski definition) is 7. The first-order chi connectivity index (χ1) is 14.3. The van der Waals surface area contributed by atoms with E-state index in [1.807, 2.05) is 7.11 Å². The van der Waals surface area contributed by atoms with Crippen molar-refractivity contribution >= 4 is 0 Å². The lowest BCUT2D eigenvalue weighted by Crippen LogP contribution is -2.80. The molecule has 7 aliphatic rings. The van der Waals surface area contributed by atoms with Crippen molar-refractivity contribution in [3.63, 3.8) is 0 Å². The van der Waals surface area contributed by atoms with Crippen molar-refractivity contribution in [3.8, 4) is 0 Å². The zero-order chi connectivity index (χ0) is 20.8. The Balaban J connectivity index is 1.58. The lowest BCUT2D eigenvalue weighted by atomic mass is 9.43. The van der Waals surface area contributed by atoms with Crippen LogP contribution in [0.4, 0.5) is 0 Å². The number of methoxy groups -OCH3 is 2. The van der Waals surface area contributed by atoms with E-state index < -0.39 is 23.4 Å². The van der Waals surface area contributed by atoms with Crippen molar-refractivity contribution in [2.45, 2.75) is 74.3 Å². The molecular weight excluding hydrogens is 386 g/mol. The van der Waals surface area contributed by atoms with Gasteiger partial charge in [-0.1, -0.05) is 6.92 Å². The molecule has 0 aromatic rings. The van der Waals surface area contributed by atoms with Crippen LogP contribution >= 0.6 is 0 Å². The molecule has 5 saturated carbocycles. The molecule has 168 valence electrons. The molecule has 30 heavy (non-hydrogen) atoms. The maximum atomic E-state index is 12.2. The summed E-state index contributed by atoms with van der Waals surface area (Å²) in [5.41, 5.74) is -1.77. The third-order valence-electron chi connectivity index (χ3n) is 11.3. The number of aliphatic hydroxyl groups excluding tert-OH is 2. The van der Waals surface area contributed by atoms with E-state index in [0.717, 1.165) is 25.8 Å². The van der Waals surface area contributed by atoms with Crippen LogP contribution in [0.1, 0.15) is 32.6 Å². The molecule has 2 N–H and O–H groups in total. The van der Waals surface area contributed by atoms with Gasteiger partial charge in [0.2, 0.25) is 0 Å². The maximum absolute atomic E-state index is 12.2. The van der Waals surface area contributed by atoms with E-state index in [1.165, 1.54) is 0 Å². The van der Waals surface area contributed by atoms with Crippen LogP contribution in [0.15, 0.2) is 0 Å². The van der Waals surface area contributed by atoms with Crippen molar-refractivity contribution in [1.29, 1.82) is 0 Å². The minimum Gasteiger partial charge on any atom is -0.393 e. The normalized spacial score (nSPS) is 67.6. The third-order valence-corrected chi connectivity index (χ3v) is 11.3. The second-order valence-electron chi connectivity index (χ2n) is 11.7. The van der Waals surface area contributed by atoms with Crippen LogP contribution in [-0.4, -0.2) is 91.4 Å². The zero-order valence-electron chi connectivity index (χ0n) is 18.4. The minimum absolute atomic E-state index is 0.00818. The molecule has 13 atom stereocenters. The Labute approximate surface area is 178 Å². The maximum Gasteiger partial charge on any atom is 0.148 e. The van der Waals surface area contributed by atoms with Gasteiger partial charge in [-0.2, -0.15) is 0 Å². The molecule has 0 amide bonds. The molecule has 7 nitrogen and oxygen atoms in total. The van der Waals surface area contributed by atoms with Crippen LogP contribution in [-0.2, 0) is 18.9 Å². The number of piperidine rings is 1. The zero-order valence-corrected chi connectivity index (χ0v) is 18.4. The first kappa shape index (κ1) is 19.2. The van der Waals surface area contributed by atoms with E-state index in [0.29, 0.717) is 6.42 Å². The standard InChI is InChI=1S/C23H35NO6/c1-20-6-5-14(27-3)22-12-7-11-13(25)8-21(15(12)16(11)28-4)23(30-10-29-21,18(26)17(20)22)19(22)24(2)9-20/h11-19,25-26H,5-10H2,1-4H3/t11-,12-,13?,14+,15-,16+,17-,18+,19+,20+,21-,22+,23+/m1/s1. The Morgan fingerprint density at radius 2 is 1.93 bits per heavy atom. The lowest BCUT2D eigenvalue weighted by molar-refractivity contribution is -0.279. The molecule has 7 bridgehead atoms. The molecule has 2 heterocycles. The number of aliphatic hydroxyl groups is 2. The van der Waals surface area contributed by atoms with Gasteiger partial charge in [0.15, 0.2) is 0 Å². The molecule has 0 radical (unpaired) electrons. The van der Waals surface area contributed by atoms with E-state index >= 15 is 0 Å². The highest BCUT2D eigenvalue weighted by atomic mass is 16.7. The van der Waals surface area contributed by atoms with Gasteiger partial charge in [0.25, 0.3) is 0 Å². The monoisotopic (exact) mass is 421 g/mol. The predicted molar refractivity (Wildman–Crippen MR) is 105 cm³/mol. The molecule has 0 aromatic carbocycles. The van der Waals surface area contributed by atoms with Crippen molar-refractivity contribution in [3.05, 3.63) is 0 Å². The Morgan fingerprint density at radius 3 is 2.67 bits per heavy atom. The van der Waals surface area contributed by atoms with Crippen molar-refractivity contribution < 1.29 is 29.2 Å². The van der Waals surface area contributed by atoms with E-state index in [9.17, 15) is 10.2 Å². The van der Waals surface area contributed by atoms with E-state index in [-0.39, 0.29) is 59.5 Å². The van der Waals surface area contributed by atoms with Crippen LogP contribution in [0.2, 0.25) is 0 Å². The fourth-order valence-electron chi connectivity index (χ4n) is 11.2. The fourth-order valence-corrected chi connectivity index (χ4v) is 11.2. The average Bonchev–Trinajstić information content (AvgIpc) is 3.28. The number of nitrogens with zero attached hydrogens (tertiary/aromatic N) is 1. The molecule has 1 unspecified atom stereocenters. The number of likely N-dealkylation sites (tertiary alicyclic amines) is 1. The number of likely N-dealkylation sites (N-methyl/N-ethyl adjacent to an activating group) is 1. The van der Waals surface area contributed by atoms with Crippen LogP contribution in [0.5, 0.6) is 0 Å². The van der Waals surface area contributed by atoms with Gasteiger partial charge in [-0.3, -0.25) is 4.90 Å². The fraction of sp³-hybridized carbons (Fsp3) is 1.00. The second kappa shape index (κ2) is 5.44. The smallest absolute Gasteiger partial charge is 0.148 e. The number of ether oxygens (including phenoxy) is 4. The summed E-state index contributed by atoms with van der Waals surface area (Å²) in [5.74, 6) is 0.603. The summed E-state index contributed by atoms with van der Waals surface area (Å²) in [6, 6.07) is 0.0219. The van der Waals surface area contributed by atoms with Gasteiger partial charge in [0.1, 0.15) is 18.0 Å². The minimum atomic E-state index is -0.848. The highest BCUT2D eigenvalue weighted by molar-refractivity contribution is 5.42. The molecule has 2 saturated heterocycles. The van der Waals surface area contributed by atoms with Gasteiger partial charge in [0.05, 0.1) is 30.5 Å². The first-order valence-corrected chi connectivity index (χ1v) is 11.7. The van der Waals surface area contributed by atoms with Crippen molar-refractivity contribution in [2.24, 2.45) is 34.5 Å². The number of hydrogen-bond donors (Lipinski definition) is 2. The topological polar surface area (TPSA) is 80.6 Å². The van der Waals surface area contributed by atoms with Crippen molar-refractivity contribution in [1.82, 2.24) is 4.90 Å². The molecule has 7 heteroatoms. The Hall–Kier alpha value is -0.280. The summed E-state index contributed by atoms with van der Waals surface area (Å²) >= 11 is 0. The quantitative estimate of drug-likeness (QED) is 0.677. The second-order valence-corrected chi connectivity index (χ2v) is 11.7. The largest absolute Gasteiger partial charge is 0.393 e. The van der Waals surface area contributed by atoms with Crippen LogP contribution in [0, 0.1) is 34.5 Å². The summed E-state index contributed by atoms with van der Waals surface area (Å²) in [6.07, 6.45) is 2.36. The molecule has 7 fully saturated rings. The summed E-state index contributed by atoms with van der Waals surface area (Å²) in [6.45, 7) is 3.50. The SMILES string of the molecule is CO[C@@H]1[C@H]2[C@H]3C[C@@H]1C(O)C[C@@]21OCO[C@]12[C@@H](O)[C@@H]1[C@@]4(C)CC[C@H](OC)[C@@]31[C@@H]2N(C)C4. The van der Waals surface area contributed by atoms with Gasteiger partial charge in [-0.15, -0.1) is 0 Å². The summed E-state index contributed by atoms with van der Waals surface area (Å²) in [4.78, 5) is 2.46. The summed E-state index contributed by atoms with van der Waals surface area (Å²) in [7, 11) is 5.81. The Kier molecular flexibility index (Phi) is 3.48. The molecule has 5 aliphatic carbocycles. The number of fused-ring (bicyclic) bond motifs is 1. The molecule has 3 spiro atoms. The first-order valence-electron chi connectivity index (χ1n) is 11.7. The highest BCUT2D eigenvalue weighted by Gasteiger charge is 2.93. The van der Waals surface area contributed by atoms with Gasteiger partial charge >= 0.3 is 0 Å². The van der Waals surface area contributed by atoms with Crippen LogP contribution in [0.25, 0.3) is 0 Å². The van der Waals surface area contributed by atoms with Gasteiger partial charge in [-0.05, 0) is 37.6 Å². The molecule has 7 rings (SSSR count). The summed E-state index contributed by atoms with van der Waals surface area (Å²) < 4.78 is 25.5. The highest BCUT2D eigenvalue weighted by Crippen LogP contribution is 2.82. The van der Waals surface area contributed by atoms with Gasteiger partial charge in [0, 0.05) is 50.4 Å². The third kappa shape index (κ3) is 1.56. The predicted octanol–water partition coefficient (Wildman–Crippen LogP) is 0.620. The van der Waals surface area contributed by atoms with Crippen LogP contribution in [0.3, 0.4) is 0 Å². The van der Waals surface area contributed by atoms with E-state index in [2.05, 4.69) is 18.9 Å². The Morgan fingerprint density at radius 1 is 1.13 bits per heavy atom. The van der Waals surface area contributed by atoms with E-state index in [1.54, 1.807) is 7.11 Å². The van der Waals surface area contributed by atoms with Gasteiger partial charge in [-0.25, -0.2) is 0 Å². The van der Waals surface area contributed by atoms with Gasteiger partial charge < -0.3 is 29.2 Å². The Bertz CT molecular complexity index is 796. The van der Waals surface area contributed by atoms with Crippen LogP contribution < -0.4 is 0 Å². The summed E-state index contributed by atoms with van der Waals surface area (Å²) in [5, 5.41) is 23.5. The number of rotatable bonds is 2. The molecule has 0 aromatic heterocycles.